The highest BCUT2D eigenvalue weighted by atomic mass is 32.1. The first kappa shape index (κ1) is 18.0. The number of rotatable bonds is 6. The maximum absolute atomic E-state index is 11.2. The van der Waals surface area contributed by atoms with E-state index in [9.17, 15) is 4.79 Å². The SMILES string of the molecule is COc1cccc(-c2nc(C(=O)O)cs2)c1OCc1cccc2ccccc12. The summed E-state index contributed by atoms with van der Waals surface area (Å²) in [7, 11) is 1.58. The number of hydrogen-bond acceptors (Lipinski definition) is 5. The number of carbonyl (C=O) groups is 1. The van der Waals surface area contributed by atoms with E-state index in [0.717, 1.165) is 16.3 Å². The van der Waals surface area contributed by atoms with E-state index in [1.807, 2.05) is 42.5 Å². The van der Waals surface area contributed by atoms with E-state index in [1.165, 1.54) is 16.7 Å². The molecular formula is C22H17NO4S. The molecular weight excluding hydrogens is 374 g/mol. The molecule has 0 aliphatic carbocycles. The van der Waals surface area contributed by atoms with Crippen molar-refractivity contribution in [2.75, 3.05) is 7.11 Å². The first-order valence-electron chi connectivity index (χ1n) is 8.63. The third-order valence-corrected chi connectivity index (χ3v) is 5.28. The van der Waals surface area contributed by atoms with E-state index in [4.69, 9.17) is 14.6 Å². The summed E-state index contributed by atoms with van der Waals surface area (Å²) in [6.45, 7) is 0.353. The fourth-order valence-electron chi connectivity index (χ4n) is 3.06. The Hall–Kier alpha value is -3.38. The molecule has 0 spiro atoms. The highest BCUT2D eigenvalue weighted by Gasteiger charge is 2.17. The number of ether oxygens (including phenoxy) is 2. The Balaban J connectivity index is 1.71. The molecule has 28 heavy (non-hydrogen) atoms. The zero-order chi connectivity index (χ0) is 19.5. The number of thiazole rings is 1. The third-order valence-electron chi connectivity index (χ3n) is 4.40. The van der Waals surface area contributed by atoms with Gasteiger partial charge in [-0.3, -0.25) is 0 Å². The minimum Gasteiger partial charge on any atom is -0.493 e. The molecule has 4 rings (SSSR count). The lowest BCUT2D eigenvalue weighted by molar-refractivity contribution is 0.0691. The zero-order valence-electron chi connectivity index (χ0n) is 15.1. The van der Waals surface area contributed by atoms with Crippen molar-refractivity contribution in [1.29, 1.82) is 0 Å². The van der Waals surface area contributed by atoms with Crippen LogP contribution in [0.2, 0.25) is 0 Å². The molecule has 0 saturated carbocycles. The Morgan fingerprint density at radius 3 is 2.64 bits per heavy atom. The number of benzene rings is 3. The largest absolute Gasteiger partial charge is 0.493 e. The van der Waals surface area contributed by atoms with Gasteiger partial charge in [-0.15, -0.1) is 11.3 Å². The van der Waals surface area contributed by atoms with Crippen LogP contribution in [0.3, 0.4) is 0 Å². The second-order valence-corrected chi connectivity index (χ2v) is 6.97. The van der Waals surface area contributed by atoms with Crippen molar-refractivity contribution in [3.63, 3.8) is 0 Å². The zero-order valence-corrected chi connectivity index (χ0v) is 15.9. The highest BCUT2D eigenvalue weighted by molar-refractivity contribution is 7.13. The first-order valence-corrected chi connectivity index (χ1v) is 9.51. The number of carboxylic acid groups (broad SMARTS) is 1. The lowest BCUT2D eigenvalue weighted by atomic mass is 10.1. The van der Waals surface area contributed by atoms with Gasteiger partial charge in [0.15, 0.2) is 17.2 Å². The van der Waals surface area contributed by atoms with Gasteiger partial charge in [-0.25, -0.2) is 9.78 Å². The first-order chi connectivity index (χ1) is 13.7. The van der Waals surface area contributed by atoms with Crippen LogP contribution < -0.4 is 9.47 Å². The van der Waals surface area contributed by atoms with Gasteiger partial charge >= 0.3 is 5.97 Å². The van der Waals surface area contributed by atoms with Gasteiger partial charge in [0.2, 0.25) is 0 Å². The number of nitrogens with zero attached hydrogens (tertiary/aromatic N) is 1. The van der Waals surface area contributed by atoms with E-state index < -0.39 is 5.97 Å². The number of fused-ring (bicyclic) bond motifs is 1. The Morgan fingerprint density at radius 1 is 1.07 bits per heavy atom. The quantitative estimate of drug-likeness (QED) is 0.486. The predicted octanol–water partition coefficient (Wildman–Crippen LogP) is 5.25. The van der Waals surface area contributed by atoms with Crippen LogP contribution in [0.4, 0.5) is 0 Å². The fraction of sp³-hybridized carbons (Fsp3) is 0.0909. The highest BCUT2D eigenvalue weighted by Crippen LogP contribution is 2.40. The average Bonchev–Trinajstić information content (AvgIpc) is 3.22. The van der Waals surface area contributed by atoms with Crippen molar-refractivity contribution in [3.8, 4) is 22.1 Å². The number of aromatic nitrogens is 1. The summed E-state index contributed by atoms with van der Waals surface area (Å²) in [4.78, 5) is 15.4. The summed E-state index contributed by atoms with van der Waals surface area (Å²) in [6.07, 6.45) is 0. The molecule has 0 bridgehead atoms. The number of methoxy groups -OCH3 is 1. The van der Waals surface area contributed by atoms with Gasteiger partial charge in [-0.05, 0) is 28.5 Å². The van der Waals surface area contributed by atoms with Crippen LogP contribution in [0, 0.1) is 0 Å². The second kappa shape index (κ2) is 7.70. The molecule has 0 radical (unpaired) electrons. The number of aromatic carboxylic acids is 1. The van der Waals surface area contributed by atoms with Gasteiger partial charge in [-0.2, -0.15) is 0 Å². The lowest BCUT2D eigenvalue weighted by Gasteiger charge is -2.15. The monoisotopic (exact) mass is 391 g/mol. The summed E-state index contributed by atoms with van der Waals surface area (Å²) in [6, 6.07) is 19.7. The fourth-order valence-corrected chi connectivity index (χ4v) is 3.87. The molecule has 140 valence electrons. The summed E-state index contributed by atoms with van der Waals surface area (Å²) < 4.78 is 11.6. The summed E-state index contributed by atoms with van der Waals surface area (Å²) in [5, 5.41) is 13.5. The van der Waals surface area contributed by atoms with Crippen LogP contribution in [-0.4, -0.2) is 23.2 Å². The predicted molar refractivity (Wildman–Crippen MR) is 109 cm³/mol. The maximum atomic E-state index is 11.2. The Labute approximate surface area is 165 Å². The van der Waals surface area contributed by atoms with Gasteiger partial charge in [0.1, 0.15) is 11.6 Å². The van der Waals surface area contributed by atoms with Crippen LogP contribution >= 0.6 is 11.3 Å². The molecule has 6 heteroatoms. The van der Waals surface area contributed by atoms with Crippen molar-refractivity contribution in [2.24, 2.45) is 0 Å². The minimum atomic E-state index is -1.05. The smallest absolute Gasteiger partial charge is 0.355 e. The molecule has 0 saturated heterocycles. The number of para-hydroxylation sites is 1. The van der Waals surface area contributed by atoms with E-state index in [0.29, 0.717) is 28.7 Å². The van der Waals surface area contributed by atoms with Crippen LogP contribution in [0.25, 0.3) is 21.3 Å². The normalized spacial score (nSPS) is 10.8. The van der Waals surface area contributed by atoms with Crippen molar-refractivity contribution in [2.45, 2.75) is 6.61 Å². The molecule has 0 aliphatic rings. The molecule has 1 heterocycles. The Bertz CT molecular complexity index is 1150. The second-order valence-electron chi connectivity index (χ2n) is 6.11. The Kier molecular flexibility index (Phi) is 4.95. The number of carboxylic acids is 1. The molecule has 5 nitrogen and oxygen atoms in total. The molecule has 0 amide bonds. The number of hydrogen-bond donors (Lipinski definition) is 1. The van der Waals surface area contributed by atoms with Crippen LogP contribution in [0.5, 0.6) is 11.5 Å². The minimum absolute atomic E-state index is 0.0165. The van der Waals surface area contributed by atoms with Gasteiger partial charge in [0, 0.05) is 5.38 Å². The standard InChI is InChI=1S/C22H17NO4S/c1-26-19-11-5-10-17(21-23-18(13-28-21)22(24)25)20(19)27-12-15-8-4-7-14-6-2-3-9-16(14)15/h2-11,13H,12H2,1H3,(H,24,25). The Morgan fingerprint density at radius 2 is 1.86 bits per heavy atom. The van der Waals surface area contributed by atoms with Gasteiger partial charge in [-0.1, -0.05) is 48.5 Å². The van der Waals surface area contributed by atoms with Crippen LogP contribution in [0.15, 0.2) is 66.0 Å². The summed E-state index contributed by atoms with van der Waals surface area (Å²) in [5.74, 6) is 0.0673. The molecule has 3 aromatic carbocycles. The molecule has 0 unspecified atom stereocenters. The molecule has 1 N–H and O–H groups in total. The van der Waals surface area contributed by atoms with E-state index in [1.54, 1.807) is 7.11 Å². The third kappa shape index (κ3) is 3.42. The van der Waals surface area contributed by atoms with Crippen molar-refractivity contribution < 1.29 is 19.4 Å². The van der Waals surface area contributed by atoms with Crippen LogP contribution in [0.1, 0.15) is 16.1 Å². The van der Waals surface area contributed by atoms with E-state index in [-0.39, 0.29) is 5.69 Å². The van der Waals surface area contributed by atoms with Crippen molar-refractivity contribution in [1.82, 2.24) is 4.98 Å². The van der Waals surface area contributed by atoms with Gasteiger partial charge in [0.25, 0.3) is 0 Å². The molecule has 0 atom stereocenters. The summed E-state index contributed by atoms with van der Waals surface area (Å²) >= 11 is 1.26. The summed E-state index contributed by atoms with van der Waals surface area (Å²) in [5.41, 5.74) is 1.78. The topological polar surface area (TPSA) is 68.7 Å². The molecule has 4 aromatic rings. The van der Waals surface area contributed by atoms with Crippen molar-refractivity contribution in [3.05, 3.63) is 77.3 Å². The van der Waals surface area contributed by atoms with Gasteiger partial charge in [0.05, 0.1) is 12.7 Å². The van der Waals surface area contributed by atoms with E-state index >= 15 is 0 Å². The average molecular weight is 391 g/mol. The molecule has 0 aliphatic heterocycles. The van der Waals surface area contributed by atoms with Crippen molar-refractivity contribution >= 4 is 28.1 Å². The van der Waals surface area contributed by atoms with Crippen LogP contribution in [-0.2, 0) is 6.61 Å². The van der Waals surface area contributed by atoms with E-state index in [2.05, 4.69) is 23.2 Å². The van der Waals surface area contributed by atoms with Gasteiger partial charge < -0.3 is 14.6 Å². The molecule has 1 aromatic heterocycles. The maximum Gasteiger partial charge on any atom is 0.355 e. The lowest BCUT2D eigenvalue weighted by Crippen LogP contribution is -2.01. The molecule has 0 fully saturated rings.